The first-order chi connectivity index (χ1) is 10.8. The summed E-state index contributed by atoms with van der Waals surface area (Å²) in [4.78, 5) is 14.6. The summed E-state index contributed by atoms with van der Waals surface area (Å²) >= 11 is -1.17. The fraction of sp³-hybridized carbons (Fsp3) is 0.0500. The Morgan fingerprint density at radius 1 is 1.05 bits per heavy atom. The van der Waals surface area contributed by atoms with Gasteiger partial charge in [-0.25, -0.2) is 0 Å². The van der Waals surface area contributed by atoms with Crippen LogP contribution in [0.3, 0.4) is 0 Å². The standard InChI is InChI=1S/C9H7.C8H7.C3H3O.Fe/c1-2-5-9-7-3-6-8(9)4-1;1-2-8-6-4-3-5-7-8;1-2-3-4;/h1-7H;1-7H;2H,1H2;. The van der Waals surface area contributed by atoms with Crippen molar-refractivity contribution in [3.63, 3.8) is 0 Å². The van der Waals surface area contributed by atoms with Crippen LogP contribution in [0.25, 0.3) is 12.2 Å². The Hall–Kier alpha value is -2.15. The predicted octanol–water partition coefficient (Wildman–Crippen LogP) is 4.76. The molecule has 1 nitrogen and oxygen atoms in total. The Morgan fingerprint density at radius 3 is 2.55 bits per heavy atom. The van der Waals surface area contributed by atoms with E-state index in [9.17, 15) is 4.79 Å². The molecule has 1 atom stereocenters. The molecule has 0 fully saturated rings. The van der Waals surface area contributed by atoms with Gasteiger partial charge in [-0.15, -0.1) is 0 Å². The van der Waals surface area contributed by atoms with Crippen molar-refractivity contribution in [3.8, 4) is 0 Å². The molecule has 22 heavy (non-hydrogen) atoms. The van der Waals surface area contributed by atoms with E-state index in [4.69, 9.17) is 0 Å². The van der Waals surface area contributed by atoms with Crippen LogP contribution in [0.2, 0.25) is 0 Å². The molecule has 111 valence electrons. The van der Waals surface area contributed by atoms with Gasteiger partial charge in [-0.3, -0.25) is 0 Å². The second-order valence-corrected chi connectivity index (χ2v) is 7.49. The van der Waals surface area contributed by atoms with Gasteiger partial charge in [0.1, 0.15) is 0 Å². The van der Waals surface area contributed by atoms with Gasteiger partial charge in [0.2, 0.25) is 0 Å². The summed E-state index contributed by atoms with van der Waals surface area (Å²) in [6, 6.07) is 18.4. The quantitative estimate of drug-likeness (QED) is 0.571. The van der Waals surface area contributed by atoms with Crippen molar-refractivity contribution in [2.45, 2.75) is 4.82 Å². The van der Waals surface area contributed by atoms with Gasteiger partial charge in [0, 0.05) is 0 Å². The average Bonchev–Trinajstić information content (AvgIpc) is 3.00. The maximum absolute atomic E-state index is 12.4. The molecule has 0 heterocycles. The second-order valence-electron chi connectivity index (χ2n) is 4.89. The zero-order valence-corrected chi connectivity index (χ0v) is 13.2. The first-order valence-corrected chi connectivity index (χ1v) is 8.92. The molecule has 2 heteroatoms. The molecular weight excluding hydrogens is 312 g/mol. The average molecular weight is 329 g/mol. The Labute approximate surface area is 135 Å². The number of hydrogen-bond acceptors (Lipinski definition) is 1. The number of rotatable bonds is 5. The molecule has 1 aliphatic carbocycles. The summed E-state index contributed by atoms with van der Waals surface area (Å²) in [6.07, 6.45) is 7.79. The van der Waals surface area contributed by atoms with E-state index in [1.165, 1.54) is 17.2 Å². The van der Waals surface area contributed by atoms with Crippen molar-refractivity contribution in [1.29, 1.82) is 0 Å². The van der Waals surface area contributed by atoms with Crippen molar-refractivity contribution < 1.29 is 18.7 Å². The van der Waals surface area contributed by atoms with E-state index in [-0.39, 0.29) is 9.50 Å². The van der Waals surface area contributed by atoms with Crippen molar-refractivity contribution in [2.24, 2.45) is 0 Å². The van der Waals surface area contributed by atoms with Crippen LogP contribution in [0.4, 0.5) is 0 Å². The SMILES string of the molecule is C=C[C](=O)[Fe]([CH]=Cc1ccccc1)[CH]1C=Cc2ccccc21. The van der Waals surface area contributed by atoms with Crippen molar-refractivity contribution in [2.75, 3.05) is 0 Å². The molecule has 0 saturated heterocycles. The topological polar surface area (TPSA) is 17.1 Å². The van der Waals surface area contributed by atoms with E-state index in [0.29, 0.717) is 0 Å². The van der Waals surface area contributed by atoms with Crippen LogP contribution in [0, 0.1) is 0 Å². The molecule has 0 aromatic heterocycles. The summed E-state index contributed by atoms with van der Waals surface area (Å²) in [5.74, 6) is 0. The molecule has 2 aromatic rings. The molecule has 0 radical (unpaired) electrons. The number of allylic oxidation sites excluding steroid dienone is 2. The van der Waals surface area contributed by atoms with Crippen LogP contribution in [-0.4, -0.2) is 4.68 Å². The van der Waals surface area contributed by atoms with Gasteiger partial charge in [0.25, 0.3) is 0 Å². The number of hydrogen-bond donors (Lipinski definition) is 0. The molecule has 0 N–H and O–H groups in total. The van der Waals surface area contributed by atoms with Gasteiger partial charge in [-0.05, 0) is 0 Å². The molecule has 0 saturated carbocycles. The predicted molar refractivity (Wildman–Crippen MR) is 88.9 cm³/mol. The van der Waals surface area contributed by atoms with E-state index in [1.807, 2.05) is 42.5 Å². The molecule has 0 aliphatic heterocycles. The van der Waals surface area contributed by atoms with Crippen LogP contribution in [-0.2, 0) is 18.7 Å². The van der Waals surface area contributed by atoms with Crippen LogP contribution in [0.5, 0.6) is 0 Å². The number of fused-ring (bicyclic) bond motifs is 1. The third-order valence-corrected chi connectivity index (χ3v) is 6.23. The Kier molecular flexibility index (Phi) is 4.53. The second kappa shape index (κ2) is 6.74. The third kappa shape index (κ3) is 3.04. The molecule has 1 aliphatic rings. The Balaban J connectivity index is 1.92. The van der Waals surface area contributed by atoms with Crippen LogP contribution >= 0.6 is 0 Å². The van der Waals surface area contributed by atoms with Gasteiger partial charge in [0.15, 0.2) is 0 Å². The summed E-state index contributed by atoms with van der Waals surface area (Å²) in [5, 5.41) is 0. The monoisotopic (exact) mass is 329 g/mol. The number of benzene rings is 2. The van der Waals surface area contributed by atoms with Gasteiger partial charge < -0.3 is 0 Å². The maximum atomic E-state index is 12.4. The normalized spacial score (nSPS) is 16.5. The van der Waals surface area contributed by atoms with Gasteiger partial charge in [-0.2, -0.15) is 0 Å². The summed E-state index contributed by atoms with van der Waals surface area (Å²) < 4.78 is 0.138. The molecule has 2 aromatic carbocycles. The fourth-order valence-corrected chi connectivity index (χ4v) is 4.82. The first-order valence-electron chi connectivity index (χ1n) is 7.09. The van der Waals surface area contributed by atoms with E-state index in [1.54, 1.807) is 0 Å². The Bertz CT molecular complexity index is 743. The zero-order valence-electron chi connectivity index (χ0n) is 12.1. The minimum atomic E-state index is -1.17. The van der Waals surface area contributed by atoms with E-state index < -0.39 is 13.9 Å². The summed E-state index contributed by atoms with van der Waals surface area (Å²) in [5.41, 5.74) is 3.58. The Morgan fingerprint density at radius 2 is 1.77 bits per heavy atom. The third-order valence-electron chi connectivity index (χ3n) is 3.50. The molecule has 0 spiro atoms. The fourth-order valence-electron chi connectivity index (χ4n) is 2.41. The van der Waals surface area contributed by atoms with Crippen molar-refractivity contribution in [3.05, 3.63) is 95.0 Å². The van der Waals surface area contributed by atoms with E-state index in [0.717, 1.165) is 5.56 Å². The van der Waals surface area contributed by atoms with Gasteiger partial charge in [-0.1, -0.05) is 0 Å². The van der Waals surface area contributed by atoms with Crippen LogP contribution < -0.4 is 0 Å². The minimum absolute atomic E-state index is 0.138. The number of carbonyl (C=O) groups excluding carboxylic acids is 1. The summed E-state index contributed by atoms with van der Waals surface area (Å²) in [6.45, 7) is 3.68. The van der Waals surface area contributed by atoms with Gasteiger partial charge >= 0.3 is 135 Å². The molecular formula is C20H17FeO. The summed E-state index contributed by atoms with van der Waals surface area (Å²) in [7, 11) is 0. The van der Waals surface area contributed by atoms with E-state index in [2.05, 4.69) is 41.9 Å². The first kappa shape index (κ1) is 14.8. The zero-order chi connectivity index (χ0) is 15.4. The van der Waals surface area contributed by atoms with Crippen LogP contribution in [0.1, 0.15) is 21.5 Å². The van der Waals surface area contributed by atoms with Gasteiger partial charge in [0.05, 0.1) is 0 Å². The molecule has 0 bridgehead atoms. The molecule has 0 amide bonds. The van der Waals surface area contributed by atoms with Crippen molar-refractivity contribution >= 4 is 16.8 Å². The number of carbonyl (C=O) groups is 1. The van der Waals surface area contributed by atoms with Crippen molar-refractivity contribution in [1.82, 2.24) is 0 Å². The molecule has 1 unspecified atom stereocenters. The van der Waals surface area contributed by atoms with Crippen LogP contribution in [0.15, 0.2) is 78.3 Å². The van der Waals surface area contributed by atoms with E-state index >= 15 is 0 Å². The molecule has 3 rings (SSSR count).